The monoisotopic (exact) mass is 353 g/mol. The molecule has 2 rings (SSSR count). The number of unbranched alkanes of at least 4 members (excludes halogenated alkanes) is 8. The van der Waals surface area contributed by atoms with Crippen LogP contribution in [0, 0.1) is 0 Å². The van der Waals surface area contributed by atoms with Crippen molar-refractivity contribution < 1.29 is 9.90 Å². The molecule has 136 valence electrons. The second-order valence-corrected chi connectivity index (χ2v) is 6.84. The minimum atomic E-state index is -0.838. The van der Waals surface area contributed by atoms with Crippen molar-refractivity contribution in [1.82, 2.24) is 0 Å². The van der Waals surface area contributed by atoms with E-state index in [0.717, 1.165) is 17.7 Å². The number of carboxylic acid groups (broad SMARTS) is 1. The van der Waals surface area contributed by atoms with Gasteiger partial charge in [-0.1, -0.05) is 64.7 Å². The molecule has 1 aromatic carbocycles. The Morgan fingerprint density at radius 1 is 1.08 bits per heavy atom. The van der Waals surface area contributed by atoms with Gasteiger partial charge in [0.15, 0.2) is 0 Å². The quantitative estimate of drug-likeness (QED) is 0.475. The summed E-state index contributed by atoms with van der Waals surface area (Å²) in [5.41, 5.74) is 2.68. The highest BCUT2D eigenvalue weighted by atomic mass is 35.5. The van der Waals surface area contributed by atoms with Gasteiger partial charge in [0.1, 0.15) is 0 Å². The maximum Gasteiger partial charge on any atom is 0.335 e. The van der Waals surface area contributed by atoms with Crippen LogP contribution in [0.1, 0.15) is 87.1 Å². The Hall–Kier alpha value is -1.22. The minimum Gasteiger partial charge on any atom is -0.478 e. The molecule has 24 heavy (non-hydrogen) atoms. The fraction of sp³-hybridized carbons (Fsp3) is 0.650. The molecule has 0 aromatic heterocycles. The van der Waals surface area contributed by atoms with Gasteiger partial charge < -0.3 is 10.4 Å². The molecule has 1 atom stereocenters. The van der Waals surface area contributed by atoms with E-state index >= 15 is 0 Å². The maximum atomic E-state index is 11.0. The Kier molecular flexibility index (Phi) is 9.85. The summed E-state index contributed by atoms with van der Waals surface area (Å²) in [6.07, 6.45) is 14.4. The molecule has 0 aliphatic carbocycles. The third kappa shape index (κ3) is 6.72. The smallest absolute Gasteiger partial charge is 0.335 e. The lowest BCUT2D eigenvalue weighted by atomic mass is 10.0. The van der Waals surface area contributed by atoms with Crippen LogP contribution >= 0.6 is 12.4 Å². The van der Waals surface area contributed by atoms with Gasteiger partial charge in [-0.05, 0) is 36.6 Å². The number of benzene rings is 1. The van der Waals surface area contributed by atoms with Crippen LogP contribution in [0.4, 0.5) is 5.69 Å². The Morgan fingerprint density at radius 2 is 1.71 bits per heavy atom. The number of anilines is 1. The van der Waals surface area contributed by atoms with Crippen molar-refractivity contribution in [2.45, 2.75) is 83.6 Å². The molecule has 0 bridgehead atoms. The van der Waals surface area contributed by atoms with Crippen LogP contribution in [-0.4, -0.2) is 17.1 Å². The number of halogens is 1. The molecular weight excluding hydrogens is 322 g/mol. The Labute approximate surface area is 152 Å². The summed E-state index contributed by atoms with van der Waals surface area (Å²) >= 11 is 0. The van der Waals surface area contributed by atoms with Gasteiger partial charge in [0.05, 0.1) is 5.56 Å². The van der Waals surface area contributed by atoms with Gasteiger partial charge in [0, 0.05) is 11.7 Å². The summed E-state index contributed by atoms with van der Waals surface area (Å²) < 4.78 is 0. The lowest BCUT2D eigenvalue weighted by Gasteiger charge is -2.10. The first-order valence-electron chi connectivity index (χ1n) is 9.33. The predicted molar refractivity (Wildman–Crippen MR) is 104 cm³/mol. The van der Waals surface area contributed by atoms with Gasteiger partial charge in [0.25, 0.3) is 0 Å². The van der Waals surface area contributed by atoms with Gasteiger partial charge in [-0.3, -0.25) is 0 Å². The maximum absolute atomic E-state index is 11.0. The number of hydrogen-bond donors (Lipinski definition) is 2. The second-order valence-electron chi connectivity index (χ2n) is 6.84. The first-order valence-corrected chi connectivity index (χ1v) is 9.33. The van der Waals surface area contributed by atoms with Crippen LogP contribution in [0.3, 0.4) is 0 Å². The topological polar surface area (TPSA) is 49.3 Å². The molecule has 2 N–H and O–H groups in total. The van der Waals surface area contributed by atoms with E-state index < -0.39 is 5.97 Å². The Morgan fingerprint density at radius 3 is 2.33 bits per heavy atom. The molecular formula is C20H32ClNO2. The second kappa shape index (κ2) is 11.4. The highest BCUT2D eigenvalue weighted by molar-refractivity contribution is 5.88. The van der Waals surface area contributed by atoms with E-state index in [0.29, 0.717) is 11.6 Å². The third-order valence-corrected chi connectivity index (χ3v) is 4.83. The van der Waals surface area contributed by atoms with Crippen LogP contribution in [0.15, 0.2) is 18.2 Å². The molecule has 0 fully saturated rings. The van der Waals surface area contributed by atoms with Crippen LogP contribution in [0.5, 0.6) is 0 Å². The van der Waals surface area contributed by atoms with Gasteiger partial charge >= 0.3 is 5.97 Å². The molecule has 0 radical (unpaired) electrons. The average Bonchev–Trinajstić information content (AvgIpc) is 2.95. The van der Waals surface area contributed by atoms with E-state index in [1.807, 2.05) is 12.1 Å². The number of rotatable bonds is 11. The zero-order chi connectivity index (χ0) is 16.5. The zero-order valence-electron chi connectivity index (χ0n) is 14.9. The molecule has 0 saturated heterocycles. The molecule has 0 saturated carbocycles. The SMILES string of the molecule is CCCCCCCCCCCC1Cc2cc(C(=O)O)ccc2N1.Cl. The van der Waals surface area contributed by atoms with Gasteiger partial charge in [-0.25, -0.2) is 4.79 Å². The lowest BCUT2D eigenvalue weighted by molar-refractivity contribution is 0.0697. The summed E-state index contributed by atoms with van der Waals surface area (Å²) in [7, 11) is 0. The molecule has 1 aromatic rings. The molecule has 0 spiro atoms. The highest BCUT2D eigenvalue weighted by Crippen LogP contribution is 2.29. The highest BCUT2D eigenvalue weighted by Gasteiger charge is 2.21. The van der Waals surface area contributed by atoms with E-state index in [4.69, 9.17) is 5.11 Å². The van der Waals surface area contributed by atoms with E-state index in [2.05, 4.69) is 12.2 Å². The normalized spacial score (nSPS) is 15.5. The molecule has 1 unspecified atom stereocenters. The van der Waals surface area contributed by atoms with Crippen LogP contribution < -0.4 is 5.32 Å². The standard InChI is InChI=1S/C20H31NO2.ClH/c1-2-3-4-5-6-7-8-9-10-11-18-15-17-14-16(20(22)23)12-13-19(17)21-18;/h12-14,18,21H,2-11,15H2,1H3,(H,22,23);1H. The molecule has 0 amide bonds. The predicted octanol–water partition coefficient (Wildman–Crippen LogP) is 6.06. The van der Waals surface area contributed by atoms with Gasteiger partial charge in [0.2, 0.25) is 0 Å². The van der Waals surface area contributed by atoms with E-state index in [9.17, 15) is 4.79 Å². The van der Waals surface area contributed by atoms with Gasteiger partial charge in [-0.2, -0.15) is 0 Å². The van der Waals surface area contributed by atoms with Crippen molar-refractivity contribution in [3.63, 3.8) is 0 Å². The molecule has 1 aliphatic rings. The fourth-order valence-corrected chi connectivity index (χ4v) is 3.45. The lowest BCUT2D eigenvalue weighted by Crippen LogP contribution is -2.14. The first kappa shape index (κ1) is 20.8. The Bertz CT molecular complexity index is 504. The molecule has 1 heterocycles. The average molecular weight is 354 g/mol. The third-order valence-electron chi connectivity index (χ3n) is 4.83. The number of carboxylic acids is 1. The van der Waals surface area contributed by atoms with Crippen molar-refractivity contribution >= 4 is 24.1 Å². The number of aromatic carboxylic acids is 1. The molecule has 1 aliphatic heterocycles. The summed E-state index contributed by atoms with van der Waals surface area (Å²) in [4.78, 5) is 11.0. The van der Waals surface area contributed by atoms with Crippen LogP contribution in [-0.2, 0) is 6.42 Å². The first-order chi connectivity index (χ1) is 11.2. The van der Waals surface area contributed by atoms with Crippen molar-refractivity contribution in [3.8, 4) is 0 Å². The number of nitrogens with one attached hydrogen (secondary N) is 1. The van der Waals surface area contributed by atoms with Crippen LogP contribution in [0.2, 0.25) is 0 Å². The fourth-order valence-electron chi connectivity index (χ4n) is 3.45. The van der Waals surface area contributed by atoms with E-state index in [1.54, 1.807) is 6.07 Å². The summed E-state index contributed by atoms with van der Waals surface area (Å²) in [5.74, 6) is -0.838. The van der Waals surface area contributed by atoms with E-state index in [1.165, 1.54) is 64.2 Å². The summed E-state index contributed by atoms with van der Waals surface area (Å²) in [5, 5.41) is 12.6. The molecule has 3 nitrogen and oxygen atoms in total. The largest absolute Gasteiger partial charge is 0.478 e. The van der Waals surface area contributed by atoms with Crippen molar-refractivity contribution in [2.75, 3.05) is 5.32 Å². The van der Waals surface area contributed by atoms with Crippen molar-refractivity contribution in [3.05, 3.63) is 29.3 Å². The number of carbonyl (C=O) groups is 1. The van der Waals surface area contributed by atoms with Crippen LogP contribution in [0.25, 0.3) is 0 Å². The van der Waals surface area contributed by atoms with Gasteiger partial charge in [-0.15, -0.1) is 12.4 Å². The zero-order valence-corrected chi connectivity index (χ0v) is 15.7. The van der Waals surface area contributed by atoms with Crippen molar-refractivity contribution in [2.24, 2.45) is 0 Å². The van der Waals surface area contributed by atoms with E-state index in [-0.39, 0.29) is 12.4 Å². The minimum absolute atomic E-state index is 0. The summed E-state index contributed by atoms with van der Waals surface area (Å²) in [6, 6.07) is 5.91. The number of hydrogen-bond acceptors (Lipinski definition) is 2. The molecule has 4 heteroatoms. The number of fused-ring (bicyclic) bond motifs is 1. The summed E-state index contributed by atoms with van der Waals surface area (Å²) in [6.45, 7) is 2.26. The Balaban J connectivity index is 0.00000288. The van der Waals surface area contributed by atoms with Crippen molar-refractivity contribution in [1.29, 1.82) is 0 Å².